The number of hydrogen-bond donors (Lipinski definition) is 2. The molecule has 2 rings (SSSR count). The predicted octanol–water partition coefficient (Wildman–Crippen LogP) is 4.03. The van der Waals surface area contributed by atoms with Crippen LogP contribution >= 0.6 is 24.0 Å². The molecule has 178 valence electrons. The standard InChI is InChI=1S/C23H32FN3O4.HI/c1-6-25-23(27-15-16(2)31-19-10-8-18(24)9-11-19)26-14-13-17-7-12-20(28-3)22(30-5)21(17)29-4;/h7-12,16H,6,13-15H2,1-5H3,(H2,25,26,27);1H. The molecule has 0 saturated carbocycles. The van der Waals surface area contributed by atoms with Crippen molar-refractivity contribution in [1.29, 1.82) is 0 Å². The highest BCUT2D eigenvalue weighted by atomic mass is 127. The van der Waals surface area contributed by atoms with Crippen molar-refractivity contribution in [2.75, 3.05) is 41.0 Å². The quantitative estimate of drug-likeness (QED) is 0.245. The van der Waals surface area contributed by atoms with Crippen LogP contribution < -0.4 is 29.6 Å². The molecular formula is C23H33FIN3O4. The van der Waals surface area contributed by atoms with Gasteiger partial charge in [0.2, 0.25) is 5.75 Å². The van der Waals surface area contributed by atoms with E-state index in [2.05, 4.69) is 15.6 Å². The van der Waals surface area contributed by atoms with Crippen LogP contribution in [0.4, 0.5) is 4.39 Å². The van der Waals surface area contributed by atoms with Crippen LogP contribution in [0.3, 0.4) is 0 Å². The average Bonchev–Trinajstić information content (AvgIpc) is 2.78. The monoisotopic (exact) mass is 561 g/mol. The molecule has 0 heterocycles. The van der Waals surface area contributed by atoms with Crippen LogP contribution in [0.1, 0.15) is 19.4 Å². The molecule has 0 aromatic heterocycles. The molecule has 0 aliphatic carbocycles. The Bertz CT molecular complexity index is 850. The van der Waals surface area contributed by atoms with Gasteiger partial charge < -0.3 is 29.6 Å². The minimum Gasteiger partial charge on any atom is -0.493 e. The second-order valence-corrected chi connectivity index (χ2v) is 6.77. The molecule has 0 aliphatic heterocycles. The molecule has 0 saturated heterocycles. The highest BCUT2D eigenvalue weighted by Crippen LogP contribution is 2.39. The van der Waals surface area contributed by atoms with Crippen molar-refractivity contribution in [2.45, 2.75) is 26.4 Å². The van der Waals surface area contributed by atoms with Crippen molar-refractivity contribution < 1.29 is 23.3 Å². The van der Waals surface area contributed by atoms with E-state index >= 15 is 0 Å². The number of rotatable bonds is 11. The second-order valence-electron chi connectivity index (χ2n) is 6.77. The van der Waals surface area contributed by atoms with Crippen LogP contribution in [0.2, 0.25) is 0 Å². The van der Waals surface area contributed by atoms with Crippen LogP contribution in [-0.2, 0) is 6.42 Å². The van der Waals surface area contributed by atoms with Crippen molar-refractivity contribution in [1.82, 2.24) is 10.6 Å². The Morgan fingerprint density at radius 3 is 2.25 bits per heavy atom. The summed E-state index contributed by atoms with van der Waals surface area (Å²) >= 11 is 0. The Kier molecular flexibility index (Phi) is 12.6. The first-order valence-corrected chi connectivity index (χ1v) is 10.2. The molecule has 0 spiro atoms. The summed E-state index contributed by atoms with van der Waals surface area (Å²) in [6, 6.07) is 9.79. The molecule has 0 amide bonds. The zero-order valence-corrected chi connectivity index (χ0v) is 21.6. The van der Waals surface area contributed by atoms with Crippen molar-refractivity contribution >= 4 is 29.9 Å². The number of aliphatic imine (C=N–C) groups is 1. The lowest BCUT2D eigenvalue weighted by atomic mass is 10.1. The number of nitrogens with one attached hydrogen (secondary N) is 2. The Labute approximate surface area is 206 Å². The van der Waals surface area contributed by atoms with Gasteiger partial charge in [-0.15, -0.1) is 24.0 Å². The van der Waals surface area contributed by atoms with Gasteiger partial charge in [0.25, 0.3) is 0 Å². The molecule has 1 atom stereocenters. The van der Waals surface area contributed by atoms with E-state index in [0.717, 1.165) is 12.1 Å². The fourth-order valence-electron chi connectivity index (χ4n) is 3.02. The summed E-state index contributed by atoms with van der Waals surface area (Å²) in [4.78, 5) is 4.58. The lowest BCUT2D eigenvalue weighted by molar-refractivity contribution is 0.230. The third-order valence-electron chi connectivity index (χ3n) is 4.47. The minimum absolute atomic E-state index is 0. The highest BCUT2D eigenvalue weighted by Gasteiger charge is 2.15. The number of halogens is 2. The SMILES string of the molecule is CCNC(=NCC(C)Oc1ccc(F)cc1)NCCc1ccc(OC)c(OC)c1OC.I. The predicted molar refractivity (Wildman–Crippen MR) is 136 cm³/mol. The third kappa shape index (κ3) is 8.25. The normalized spacial score (nSPS) is 11.8. The molecule has 0 fully saturated rings. The zero-order chi connectivity index (χ0) is 22.6. The van der Waals surface area contributed by atoms with Crippen LogP contribution in [-0.4, -0.2) is 53.0 Å². The van der Waals surface area contributed by atoms with E-state index in [1.54, 1.807) is 33.5 Å². The summed E-state index contributed by atoms with van der Waals surface area (Å²) in [6.07, 6.45) is 0.544. The first-order valence-electron chi connectivity index (χ1n) is 10.2. The molecule has 2 aromatic rings. The van der Waals surface area contributed by atoms with Crippen molar-refractivity contribution in [3.05, 3.63) is 47.8 Å². The Morgan fingerprint density at radius 2 is 1.66 bits per heavy atom. The molecule has 9 heteroatoms. The fourth-order valence-corrected chi connectivity index (χ4v) is 3.02. The highest BCUT2D eigenvalue weighted by molar-refractivity contribution is 14.0. The third-order valence-corrected chi connectivity index (χ3v) is 4.47. The van der Waals surface area contributed by atoms with Crippen LogP contribution in [0, 0.1) is 5.82 Å². The first-order chi connectivity index (χ1) is 15.0. The van der Waals surface area contributed by atoms with Gasteiger partial charge in [0.15, 0.2) is 17.5 Å². The molecule has 32 heavy (non-hydrogen) atoms. The molecule has 0 aliphatic rings. The smallest absolute Gasteiger partial charge is 0.203 e. The van der Waals surface area contributed by atoms with Crippen LogP contribution in [0.25, 0.3) is 0 Å². The second kappa shape index (κ2) is 14.6. The minimum atomic E-state index is -0.289. The van der Waals surface area contributed by atoms with Crippen molar-refractivity contribution in [2.24, 2.45) is 4.99 Å². The van der Waals surface area contributed by atoms with Gasteiger partial charge in [-0.3, -0.25) is 0 Å². The van der Waals surface area contributed by atoms with E-state index < -0.39 is 0 Å². The maximum absolute atomic E-state index is 13.0. The summed E-state index contributed by atoms with van der Waals surface area (Å²) in [5.74, 6) is 2.88. The summed E-state index contributed by atoms with van der Waals surface area (Å²) < 4.78 is 35.1. The van der Waals surface area contributed by atoms with Gasteiger partial charge in [-0.25, -0.2) is 9.38 Å². The lowest BCUT2D eigenvalue weighted by Crippen LogP contribution is -2.39. The maximum atomic E-state index is 13.0. The van der Waals surface area contributed by atoms with Gasteiger partial charge in [-0.05, 0) is 50.6 Å². The first kappa shape index (κ1) is 27.6. The zero-order valence-electron chi connectivity index (χ0n) is 19.2. The number of ether oxygens (including phenoxy) is 4. The molecule has 2 N–H and O–H groups in total. The van der Waals surface area contributed by atoms with Gasteiger partial charge in [0.05, 0.1) is 27.9 Å². The van der Waals surface area contributed by atoms with Gasteiger partial charge in [-0.1, -0.05) is 6.07 Å². The molecular weight excluding hydrogens is 528 g/mol. The van der Waals surface area contributed by atoms with E-state index in [0.29, 0.717) is 48.5 Å². The topological polar surface area (TPSA) is 73.3 Å². The number of methoxy groups -OCH3 is 3. The molecule has 2 aromatic carbocycles. The molecule has 0 radical (unpaired) electrons. The van der Waals surface area contributed by atoms with Gasteiger partial charge >= 0.3 is 0 Å². The van der Waals surface area contributed by atoms with E-state index in [1.807, 2.05) is 26.0 Å². The van der Waals surface area contributed by atoms with Crippen LogP contribution in [0.5, 0.6) is 23.0 Å². The average molecular weight is 561 g/mol. The number of guanidine groups is 1. The Morgan fingerprint density at radius 1 is 0.969 bits per heavy atom. The number of benzene rings is 2. The van der Waals surface area contributed by atoms with E-state index in [1.165, 1.54) is 12.1 Å². The van der Waals surface area contributed by atoms with Gasteiger partial charge in [-0.2, -0.15) is 0 Å². The summed E-state index contributed by atoms with van der Waals surface area (Å²) in [5.41, 5.74) is 0.997. The van der Waals surface area contributed by atoms with Gasteiger partial charge in [0, 0.05) is 18.7 Å². The van der Waals surface area contributed by atoms with E-state index in [9.17, 15) is 4.39 Å². The van der Waals surface area contributed by atoms with Gasteiger partial charge in [0.1, 0.15) is 17.7 Å². The van der Waals surface area contributed by atoms with Crippen LogP contribution in [0.15, 0.2) is 41.4 Å². The molecule has 0 bridgehead atoms. The Hall–Kier alpha value is -2.43. The maximum Gasteiger partial charge on any atom is 0.203 e. The summed E-state index contributed by atoms with van der Waals surface area (Å²) in [6.45, 7) is 5.76. The van der Waals surface area contributed by atoms with Crippen molar-refractivity contribution in [3.8, 4) is 23.0 Å². The molecule has 7 nitrogen and oxygen atoms in total. The fraction of sp³-hybridized carbons (Fsp3) is 0.435. The summed E-state index contributed by atoms with van der Waals surface area (Å²) in [5, 5.41) is 6.54. The van der Waals surface area contributed by atoms with E-state index in [-0.39, 0.29) is 35.9 Å². The molecule has 1 unspecified atom stereocenters. The lowest BCUT2D eigenvalue weighted by Gasteiger charge is -2.17. The Balaban J connectivity index is 0.00000512. The number of nitrogens with zero attached hydrogens (tertiary/aromatic N) is 1. The number of hydrogen-bond acceptors (Lipinski definition) is 5. The van der Waals surface area contributed by atoms with E-state index in [4.69, 9.17) is 18.9 Å². The van der Waals surface area contributed by atoms with Crippen molar-refractivity contribution in [3.63, 3.8) is 0 Å². The largest absolute Gasteiger partial charge is 0.493 e. The summed E-state index contributed by atoms with van der Waals surface area (Å²) in [7, 11) is 4.80.